The highest BCUT2D eigenvalue weighted by Gasteiger charge is 2.04. The summed E-state index contributed by atoms with van der Waals surface area (Å²) >= 11 is 0. The van der Waals surface area contributed by atoms with Crippen LogP contribution >= 0.6 is 0 Å². The Morgan fingerprint density at radius 2 is 0.875 bits per heavy atom. The normalized spacial score (nSPS) is 10.4. The van der Waals surface area contributed by atoms with E-state index >= 15 is 0 Å². The Kier molecular flexibility index (Phi) is 11.3. The first-order valence-electron chi connectivity index (χ1n) is 11.0. The fourth-order valence-electron chi connectivity index (χ4n) is 2.99. The highest BCUT2D eigenvalue weighted by Crippen LogP contribution is 2.15. The van der Waals surface area contributed by atoms with Gasteiger partial charge in [-0.25, -0.2) is 9.59 Å². The Labute approximate surface area is 188 Å². The van der Waals surface area contributed by atoms with Crippen LogP contribution in [0.5, 0.6) is 11.5 Å². The van der Waals surface area contributed by atoms with E-state index in [1.165, 1.54) is 24.3 Å². The summed E-state index contributed by atoms with van der Waals surface area (Å²) in [7, 11) is 0. The van der Waals surface area contributed by atoms with Crippen molar-refractivity contribution >= 4 is 23.6 Å². The molecular weight excluding hydrogens is 412 g/mol. The predicted molar refractivity (Wildman–Crippen MR) is 123 cm³/mol. The zero-order chi connectivity index (χ0) is 23.0. The third kappa shape index (κ3) is 11.1. The topological polar surface area (TPSA) is 117 Å². The van der Waals surface area contributed by atoms with Gasteiger partial charge in [-0.2, -0.15) is 0 Å². The van der Waals surface area contributed by atoms with Crippen LogP contribution in [0.25, 0.3) is 0 Å². The van der Waals surface area contributed by atoms with Gasteiger partial charge in [-0.05, 0) is 61.4 Å². The molecule has 0 bridgehead atoms. The smallest absolute Gasteiger partial charge is 0.411 e. The third-order valence-electron chi connectivity index (χ3n) is 4.73. The molecule has 2 aromatic carbocycles. The van der Waals surface area contributed by atoms with E-state index in [1.54, 1.807) is 24.3 Å². The molecule has 2 rings (SSSR count). The van der Waals surface area contributed by atoms with E-state index in [9.17, 15) is 19.8 Å². The van der Waals surface area contributed by atoms with Crippen LogP contribution in [0.1, 0.15) is 51.4 Å². The number of carbonyl (C=O) groups excluding carboxylic acids is 2. The van der Waals surface area contributed by atoms with E-state index in [0.29, 0.717) is 24.6 Å². The quantitative estimate of drug-likeness (QED) is 0.222. The van der Waals surface area contributed by atoms with E-state index in [0.717, 1.165) is 51.4 Å². The fourth-order valence-corrected chi connectivity index (χ4v) is 2.99. The molecule has 8 heteroatoms. The molecule has 0 atom stereocenters. The number of anilines is 2. The van der Waals surface area contributed by atoms with Gasteiger partial charge in [0.15, 0.2) is 0 Å². The molecule has 0 heterocycles. The van der Waals surface area contributed by atoms with Crippen molar-refractivity contribution in [3.8, 4) is 11.5 Å². The number of carbonyl (C=O) groups is 2. The van der Waals surface area contributed by atoms with Gasteiger partial charge in [0, 0.05) is 11.4 Å². The summed E-state index contributed by atoms with van der Waals surface area (Å²) < 4.78 is 10.3. The molecule has 0 saturated carbocycles. The van der Waals surface area contributed by atoms with E-state index < -0.39 is 12.2 Å². The highest BCUT2D eigenvalue weighted by molar-refractivity contribution is 5.85. The molecule has 0 aliphatic rings. The zero-order valence-corrected chi connectivity index (χ0v) is 18.2. The lowest BCUT2D eigenvalue weighted by atomic mass is 10.1. The number of rotatable bonds is 13. The first kappa shape index (κ1) is 24.8. The Hall–Kier alpha value is -3.42. The van der Waals surface area contributed by atoms with Crippen molar-refractivity contribution in [3.63, 3.8) is 0 Å². The van der Waals surface area contributed by atoms with Crippen LogP contribution in [0.4, 0.5) is 21.0 Å². The summed E-state index contributed by atoms with van der Waals surface area (Å²) in [5.74, 6) is 0.290. The molecule has 0 aromatic heterocycles. The number of hydrogen-bond donors (Lipinski definition) is 4. The summed E-state index contributed by atoms with van der Waals surface area (Å²) in [6.45, 7) is 0.765. The minimum atomic E-state index is -0.491. The summed E-state index contributed by atoms with van der Waals surface area (Å²) in [6.07, 6.45) is 7.12. The average Bonchev–Trinajstić information content (AvgIpc) is 2.77. The number of unbranched alkanes of at least 4 members (excludes halogenated alkanes) is 7. The second kappa shape index (κ2) is 14.6. The van der Waals surface area contributed by atoms with Crippen LogP contribution in [0.2, 0.25) is 0 Å². The van der Waals surface area contributed by atoms with E-state index in [2.05, 4.69) is 10.6 Å². The first-order chi connectivity index (χ1) is 15.5. The van der Waals surface area contributed by atoms with Crippen molar-refractivity contribution < 1.29 is 29.3 Å². The van der Waals surface area contributed by atoms with Gasteiger partial charge in [0.2, 0.25) is 0 Å². The van der Waals surface area contributed by atoms with Crippen LogP contribution in [0.3, 0.4) is 0 Å². The second-order valence-corrected chi connectivity index (χ2v) is 7.44. The van der Waals surface area contributed by atoms with Crippen molar-refractivity contribution in [2.75, 3.05) is 23.8 Å². The number of hydrogen-bond acceptors (Lipinski definition) is 6. The molecular formula is C24H32N2O6. The number of phenolic OH excluding ortho intramolecular Hbond substituents is 2. The van der Waals surface area contributed by atoms with Gasteiger partial charge >= 0.3 is 12.2 Å². The summed E-state index contributed by atoms with van der Waals surface area (Å²) in [5.41, 5.74) is 1.16. The van der Waals surface area contributed by atoms with Crippen LogP contribution < -0.4 is 10.6 Å². The molecule has 0 spiro atoms. The molecule has 8 nitrogen and oxygen atoms in total. The summed E-state index contributed by atoms with van der Waals surface area (Å²) in [4.78, 5) is 23.3. The number of nitrogens with one attached hydrogen (secondary N) is 2. The lowest BCUT2D eigenvalue weighted by molar-refractivity contribution is 0.157. The van der Waals surface area contributed by atoms with E-state index in [1.807, 2.05) is 0 Å². The fraction of sp³-hybridized carbons (Fsp3) is 0.417. The van der Waals surface area contributed by atoms with Gasteiger partial charge < -0.3 is 19.7 Å². The molecule has 4 N–H and O–H groups in total. The molecule has 0 aliphatic carbocycles. The third-order valence-corrected chi connectivity index (χ3v) is 4.73. The monoisotopic (exact) mass is 444 g/mol. The number of benzene rings is 2. The minimum Gasteiger partial charge on any atom is -0.508 e. The zero-order valence-electron chi connectivity index (χ0n) is 18.2. The Bertz CT molecular complexity index is 739. The maximum absolute atomic E-state index is 11.7. The van der Waals surface area contributed by atoms with Crippen molar-refractivity contribution in [1.82, 2.24) is 0 Å². The first-order valence-corrected chi connectivity index (χ1v) is 11.0. The Balaban J connectivity index is 1.35. The van der Waals surface area contributed by atoms with Crippen molar-refractivity contribution in [2.24, 2.45) is 0 Å². The number of aromatic hydroxyl groups is 2. The van der Waals surface area contributed by atoms with E-state index in [4.69, 9.17) is 9.47 Å². The average molecular weight is 445 g/mol. The largest absolute Gasteiger partial charge is 0.508 e. The van der Waals surface area contributed by atoms with Gasteiger partial charge in [0.25, 0.3) is 0 Å². The van der Waals surface area contributed by atoms with Gasteiger partial charge in [-0.3, -0.25) is 10.6 Å². The predicted octanol–water partition coefficient (Wildman–Crippen LogP) is 6.02. The summed E-state index contributed by atoms with van der Waals surface area (Å²) in [6, 6.07) is 12.4. The lowest BCUT2D eigenvalue weighted by Gasteiger charge is -2.08. The van der Waals surface area contributed by atoms with Crippen molar-refractivity contribution in [1.29, 1.82) is 0 Å². The van der Waals surface area contributed by atoms with Crippen molar-refractivity contribution in [2.45, 2.75) is 51.4 Å². The summed E-state index contributed by atoms with van der Waals surface area (Å²) in [5, 5.41) is 23.6. The number of ether oxygens (including phenoxy) is 2. The molecule has 32 heavy (non-hydrogen) atoms. The Morgan fingerprint density at radius 1 is 0.562 bits per heavy atom. The second-order valence-electron chi connectivity index (χ2n) is 7.44. The molecule has 174 valence electrons. The standard InChI is InChI=1S/C24H32N2O6/c27-21-13-9-19(10-14-21)25-23(29)31-17-7-5-3-1-2-4-6-8-18-32-24(30)26-20-11-15-22(28)16-12-20/h9-16,27-28H,1-8,17-18H2,(H,25,29)(H,26,30). The molecule has 0 fully saturated rings. The Morgan fingerprint density at radius 3 is 1.22 bits per heavy atom. The van der Waals surface area contributed by atoms with Crippen LogP contribution in [0, 0.1) is 0 Å². The van der Waals surface area contributed by atoms with Gasteiger partial charge in [-0.1, -0.05) is 38.5 Å². The number of phenols is 2. The SMILES string of the molecule is O=C(Nc1ccc(O)cc1)OCCCCCCCCCCOC(=O)Nc1ccc(O)cc1. The van der Waals surface area contributed by atoms with Crippen molar-refractivity contribution in [3.05, 3.63) is 48.5 Å². The van der Waals surface area contributed by atoms with Crippen LogP contribution in [-0.4, -0.2) is 35.6 Å². The molecule has 2 amide bonds. The molecule has 0 unspecified atom stereocenters. The minimum absolute atomic E-state index is 0.145. The maximum atomic E-state index is 11.7. The number of amides is 2. The van der Waals surface area contributed by atoms with Gasteiger partial charge in [-0.15, -0.1) is 0 Å². The van der Waals surface area contributed by atoms with Gasteiger partial charge in [0.1, 0.15) is 11.5 Å². The van der Waals surface area contributed by atoms with Gasteiger partial charge in [0.05, 0.1) is 13.2 Å². The highest BCUT2D eigenvalue weighted by atomic mass is 16.6. The molecule has 0 aliphatic heterocycles. The van der Waals surface area contributed by atoms with E-state index in [-0.39, 0.29) is 11.5 Å². The van der Waals surface area contributed by atoms with Crippen LogP contribution in [0.15, 0.2) is 48.5 Å². The molecule has 0 radical (unpaired) electrons. The maximum Gasteiger partial charge on any atom is 0.411 e. The molecule has 0 saturated heterocycles. The molecule has 2 aromatic rings. The van der Waals surface area contributed by atoms with Crippen LogP contribution in [-0.2, 0) is 9.47 Å². The lowest BCUT2D eigenvalue weighted by Crippen LogP contribution is -2.14.